The highest BCUT2D eigenvalue weighted by molar-refractivity contribution is 6.30. The number of rotatable bonds is 5. The minimum absolute atomic E-state index is 0.0719. The molecule has 1 aliphatic heterocycles. The third-order valence-corrected chi connectivity index (χ3v) is 4.79. The molecule has 0 bridgehead atoms. The molecule has 2 atom stereocenters. The summed E-state index contributed by atoms with van der Waals surface area (Å²) in [4.78, 5) is 39.8. The van der Waals surface area contributed by atoms with Crippen molar-refractivity contribution >= 4 is 35.0 Å². The number of benzene rings is 2. The van der Waals surface area contributed by atoms with E-state index in [2.05, 4.69) is 0 Å². The highest BCUT2D eigenvalue weighted by Gasteiger charge is 2.44. The molecule has 0 aromatic heterocycles. The average Bonchev–Trinajstić information content (AvgIpc) is 2.95. The molecule has 1 saturated heterocycles. The first-order chi connectivity index (χ1) is 12.9. The van der Waals surface area contributed by atoms with Crippen molar-refractivity contribution in [2.75, 3.05) is 11.4 Å². The summed E-state index contributed by atoms with van der Waals surface area (Å²) in [6, 6.07) is 14.3. The molecule has 1 N–H and O–H groups in total. The van der Waals surface area contributed by atoms with Crippen LogP contribution in [0.2, 0.25) is 5.02 Å². The minimum atomic E-state index is -0.956. The Morgan fingerprint density at radius 1 is 1.19 bits per heavy atom. The summed E-state index contributed by atoms with van der Waals surface area (Å²) in [5.41, 5.74) is 1.04. The van der Waals surface area contributed by atoms with Gasteiger partial charge in [0, 0.05) is 11.9 Å². The van der Waals surface area contributed by atoms with E-state index in [9.17, 15) is 19.5 Å². The van der Waals surface area contributed by atoms with Crippen molar-refractivity contribution in [2.24, 2.45) is 0 Å². The van der Waals surface area contributed by atoms with E-state index < -0.39 is 24.0 Å². The number of aliphatic hydroxyl groups excluding tert-OH is 1. The molecule has 0 spiro atoms. The quantitative estimate of drug-likeness (QED) is 0.801. The lowest BCUT2D eigenvalue weighted by Gasteiger charge is -2.28. The van der Waals surface area contributed by atoms with E-state index in [-0.39, 0.29) is 18.9 Å². The maximum atomic E-state index is 12.9. The summed E-state index contributed by atoms with van der Waals surface area (Å²) in [5.74, 6) is -1.26. The van der Waals surface area contributed by atoms with Crippen molar-refractivity contribution in [3.63, 3.8) is 0 Å². The van der Waals surface area contributed by atoms with Crippen LogP contribution in [0.1, 0.15) is 25.0 Å². The molecule has 27 heavy (non-hydrogen) atoms. The van der Waals surface area contributed by atoms with E-state index in [0.29, 0.717) is 16.3 Å². The van der Waals surface area contributed by atoms with Gasteiger partial charge in [-0.1, -0.05) is 41.9 Å². The fourth-order valence-electron chi connectivity index (χ4n) is 3.16. The fraction of sp³-hybridized carbons (Fsp3) is 0.250. The first kappa shape index (κ1) is 19.1. The summed E-state index contributed by atoms with van der Waals surface area (Å²) in [7, 11) is 0. The van der Waals surface area contributed by atoms with Crippen molar-refractivity contribution in [1.29, 1.82) is 0 Å². The highest BCUT2D eigenvalue weighted by Crippen LogP contribution is 2.28. The minimum Gasteiger partial charge on any atom is -0.387 e. The van der Waals surface area contributed by atoms with Crippen molar-refractivity contribution in [3.8, 4) is 0 Å². The second-order valence-corrected chi connectivity index (χ2v) is 6.80. The molecule has 0 saturated carbocycles. The van der Waals surface area contributed by atoms with Gasteiger partial charge in [0.15, 0.2) is 0 Å². The number of anilines is 1. The number of hydrogen-bond donors (Lipinski definition) is 1. The number of amides is 3. The zero-order valence-electron chi connectivity index (χ0n) is 14.7. The van der Waals surface area contributed by atoms with Gasteiger partial charge in [-0.15, -0.1) is 0 Å². The molecule has 0 aliphatic carbocycles. The predicted molar refractivity (Wildman–Crippen MR) is 101 cm³/mol. The Kier molecular flexibility index (Phi) is 5.58. The van der Waals surface area contributed by atoms with Gasteiger partial charge in [0.2, 0.25) is 11.8 Å². The predicted octanol–water partition coefficient (Wildman–Crippen LogP) is 2.55. The van der Waals surface area contributed by atoms with Crippen LogP contribution in [0.25, 0.3) is 0 Å². The summed E-state index contributed by atoms with van der Waals surface area (Å²) in [5, 5.41) is 10.9. The molecule has 6 nitrogen and oxygen atoms in total. The zero-order valence-corrected chi connectivity index (χ0v) is 15.5. The third-order valence-electron chi connectivity index (χ3n) is 4.54. The maximum Gasteiger partial charge on any atom is 0.257 e. The molecule has 2 aromatic carbocycles. The topological polar surface area (TPSA) is 77.9 Å². The molecule has 7 heteroatoms. The smallest absolute Gasteiger partial charge is 0.257 e. The van der Waals surface area contributed by atoms with Crippen LogP contribution in [0.3, 0.4) is 0 Å². The van der Waals surface area contributed by atoms with Crippen LogP contribution in [-0.4, -0.2) is 40.3 Å². The number of nitrogens with zero attached hydrogens (tertiary/aromatic N) is 2. The first-order valence-electron chi connectivity index (χ1n) is 8.51. The van der Waals surface area contributed by atoms with Crippen LogP contribution in [0.15, 0.2) is 54.6 Å². The van der Waals surface area contributed by atoms with E-state index in [1.807, 2.05) is 6.07 Å². The summed E-state index contributed by atoms with van der Waals surface area (Å²) in [6.45, 7) is 1.25. The molecule has 2 aromatic rings. The number of carbonyl (C=O) groups is 3. The van der Waals surface area contributed by atoms with Crippen LogP contribution in [0, 0.1) is 0 Å². The monoisotopic (exact) mass is 386 g/mol. The van der Waals surface area contributed by atoms with Crippen LogP contribution in [0.4, 0.5) is 5.69 Å². The molecule has 1 aliphatic rings. The van der Waals surface area contributed by atoms with Crippen molar-refractivity contribution in [2.45, 2.75) is 25.5 Å². The maximum absolute atomic E-state index is 12.9. The zero-order chi connectivity index (χ0) is 19.6. The van der Waals surface area contributed by atoms with Gasteiger partial charge < -0.3 is 10.0 Å². The number of hydrogen-bond acceptors (Lipinski definition) is 4. The highest BCUT2D eigenvalue weighted by atomic mass is 35.5. The van der Waals surface area contributed by atoms with Crippen molar-refractivity contribution < 1.29 is 19.5 Å². The van der Waals surface area contributed by atoms with E-state index >= 15 is 0 Å². The van der Waals surface area contributed by atoms with Gasteiger partial charge in [0.1, 0.15) is 6.04 Å². The first-order valence-corrected chi connectivity index (χ1v) is 8.89. The molecule has 3 rings (SSSR count). The van der Waals surface area contributed by atoms with Gasteiger partial charge in [-0.2, -0.15) is 0 Å². The molecule has 1 fully saturated rings. The second-order valence-electron chi connectivity index (χ2n) is 6.36. The fourth-order valence-corrected chi connectivity index (χ4v) is 3.29. The summed E-state index contributed by atoms with van der Waals surface area (Å²) >= 11 is 5.86. The number of halogens is 1. The van der Waals surface area contributed by atoms with Crippen molar-refractivity contribution in [3.05, 3.63) is 65.2 Å². The molecular formula is C20H19ClN2O4. The second kappa shape index (κ2) is 7.90. The molecule has 0 unspecified atom stereocenters. The van der Waals surface area contributed by atoms with Gasteiger partial charge in [-0.25, -0.2) is 4.90 Å². The number of imide groups is 1. The van der Waals surface area contributed by atoms with Crippen molar-refractivity contribution in [1.82, 2.24) is 4.90 Å². The van der Waals surface area contributed by atoms with Crippen LogP contribution < -0.4 is 4.90 Å². The molecule has 3 amide bonds. The van der Waals surface area contributed by atoms with Gasteiger partial charge in [0.25, 0.3) is 5.91 Å². The molecule has 1 heterocycles. The Morgan fingerprint density at radius 2 is 1.81 bits per heavy atom. The summed E-state index contributed by atoms with van der Waals surface area (Å²) in [6.07, 6.45) is -1.08. The lowest BCUT2D eigenvalue weighted by molar-refractivity contribution is -0.138. The molecular weight excluding hydrogens is 368 g/mol. The van der Waals surface area contributed by atoms with Gasteiger partial charge in [0.05, 0.1) is 24.8 Å². The Balaban J connectivity index is 1.82. The average molecular weight is 387 g/mol. The van der Waals surface area contributed by atoms with Gasteiger partial charge in [-0.05, 0) is 29.8 Å². The van der Waals surface area contributed by atoms with E-state index in [4.69, 9.17) is 11.6 Å². The Bertz CT molecular complexity index is 854. The Morgan fingerprint density at radius 3 is 2.41 bits per heavy atom. The molecule has 0 radical (unpaired) electrons. The third kappa shape index (κ3) is 4.02. The standard InChI is InChI=1S/C20H19ClN2O4/c1-13(24)22(12-18(25)14-5-3-2-4-6-14)17-11-19(26)23(20(17)27)16-9-7-15(21)8-10-16/h2-10,17-18,25H,11-12H2,1H3/t17-,18-/m1/s1. The lowest BCUT2D eigenvalue weighted by atomic mass is 10.1. The van der Waals surface area contributed by atoms with Gasteiger partial charge in [-0.3, -0.25) is 14.4 Å². The molecule has 140 valence electrons. The largest absolute Gasteiger partial charge is 0.387 e. The normalized spacial score (nSPS) is 17.9. The number of carbonyl (C=O) groups excluding carboxylic acids is 3. The van der Waals surface area contributed by atoms with Crippen LogP contribution in [-0.2, 0) is 14.4 Å². The van der Waals surface area contributed by atoms with E-state index in [1.54, 1.807) is 48.5 Å². The lowest BCUT2D eigenvalue weighted by Crippen LogP contribution is -2.46. The summed E-state index contributed by atoms with van der Waals surface area (Å²) < 4.78 is 0. The number of aliphatic hydroxyl groups is 1. The SMILES string of the molecule is CC(=O)N(C[C@@H](O)c1ccccc1)[C@@H]1CC(=O)N(c2ccc(Cl)cc2)C1=O. The Hall–Kier alpha value is -2.70. The Labute approximate surface area is 162 Å². The van der Waals surface area contributed by atoms with Crippen LogP contribution >= 0.6 is 11.6 Å². The van der Waals surface area contributed by atoms with E-state index in [0.717, 1.165) is 4.90 Å². The van der Waals surface area contributed by atoms with E-state index in [1.165, 1.54) is 11.8 Å². The van der Waals surface area contributed by atoms with Crippen LogP contribution in [0.5, 0.6) is 0 Å². The van der Waals surface area contributed by atoms with Gasteiger partial charge >= 0.3 is 0 Å².